The zero-order chi connectivity index (χ0) is 16.4. The number of pyridine rings is 1. The quantitative estimate of drug-likeness (QED) is 0.728. The van der Waals surface area contributed by atoms with E-state index in [4.69, 9.17) is 4.74 Å². The molecule has 0 saturated carbocycles. The average Bonchev–Trinajstić information content (AvgIpc) is 2.57. The summed E-state index contributed by atoms with van der Waals surface area (Å²) < 4.78 is 20.8. The van der Waals surface area contributed by atoms with Crippen molar-refractivity contribution < 1.29 is 9.13 Å². The summed E-state index contributed by atoms with van der Waals surface area (Å²) in [6.07, 6.45) is 2.99. The molecule has 2 heterocycles. The first-order chi connectivity index (χ1) is 11.1. The van der Waals surface area contributed by atoms with E-state index in [-0.39, 0.29) is 24.5 Å². The first-order valence-electron chi connectivity index (χ1n) is 7.00. The Morgan fingerprint density at radius 2 is 1.91 bits per heavy atom. The van der Waals surface area contributed by atoms with Gasteiger partial charge in [-0.05, 0) is 30.3 Å². The maximum Gasteiger partial charge on any atom is 0.331 e. The molecule has 0 fully saturated rings. The highest BCUT2D eigenvalue weighted by molar-refractivity contribution is 5.76. The molecular formula is C16H14FN3O3. The summed E-state index contributed by atoms with van der Waals surface area (Å²) in [5, 5.41) is 0.420. The second-order valence-corrected chi connectivity index (χ2v) is 4.99. The van der Waals surface area contributed by atoms with Crippen LogP contribution in [-0.4, -0.2) is 20.7 Å². The molecule has 0 saturated heterocycles. The molecule has 1 aromatic carbocycles. The number of benzene rings is 1. The minimum atomic E-state index is -0.432. The Hall–Kier alpha value is -2.96. The van der Waals surface area contributed by atoms with Crippen LogP contribution in [0.4, 0.5) is 4.39 Å². The second kappa shape index (κ2) is 6.04. The van der Waals surface area contributed by atoms with E-state index in [2.05, 4.69) is 4.98 Å². The molecule has 7 heteroatoms. The van der Waals surface area contributed by atoms with E-state index in [1.165, 1.54) is 41.2 Å². The highest BCUT2D eigenvalue weighted by Gasteiger charge is 2.10. The van der Waals surface area contributed by atoms with Gasteiger partial charge in [0.2, 0.25) is 0 Å². The van der Waals surface area contributed by atoms with E-state index in [1.807, 2.05) is 0 Å². The van der Waals surface area contributed by atoms with Crippen LogP contribution in [0.3, 0.4) is 0 Å². The van der Waals surface area contributed by atoms with Gasteiger partial charge in [0.15, 0.2) is 0 Å². The predicted molar refractivity (Wildman–Crippen MR) is 83.1 cm³/mol. The Morgan fingerprint density at radius 1 is 1.17 bits per heavy atom. The fraction of sp³-hybridized carbons (Fsp3) is 0.188. The molecule has 6 nitrogen and oxygen atoms in total. The van der Waals surface area contributed by atoms with Gasteiger partial charge in [-0.1, -0.05) is 0 Å². The van der Waals surface area contributed by atoms with E-state index < -0.39 is 5.69 Å². The van der Waals surface area contributed by atoms with Gasteiger partial charge in [0, 0.05) is 13.2 Å². The summed E-state index contributed by atoms with van der Waals surface area (Å²) in [4.78, 5) is 28.6. The van der Waals surface area contributed by atoms with Gasteiger partial charge in [0.1, 0.15) is 18.2 Å². The summed E-state index contributed by atoms with van der Waals surface area (Å²) in [6, 6.07) is 7.12. The van der Waals surface area contributed by atoms with Gasteiger partial charge in [-0.25, -0.2) is 9.18 Å². The second-order valence-electron chi connectivity index (χ2n) is 4.99. The van der Waals surface area contributed by atoms with Gasteiger partial charge in [0.05, 0.1) is 23.6 Å². The van der Waals surface area contributed by atoms with Crippen molar-refractivity contribution in [1.29, 1.82) is 0 Å². The van der Waals surface area contributed by atoms with Crippen LogP contribution in [0.5, 0.6) is 5.75 Å². The molecule has 23 heavy (non-hydrogen) atoms. The van der Waals surface area contributed by atoms with E-state index >= 15 is 0 Å². The van der Waals surface area contributed by atoms with Crippen molar-refractivity contribution in [2.45, 2.75) is 6.54 Å². The lowest BCUT2D eigenvalue weighted by Gasteiger charge is -2.11. The van der Waals surface area contributed by atoms with Gasteiger partial charge in [-0.2, -0.15) is 0 Å². The Balaban J connectivity index is 1.87. The molecule has 0 aliphatic heterocycles. The molecule has 0 bridgehead atoms. The Kier molecular flexibility index (Phi) is 3.92. The highest BCUT2D eigenvalue weighted by Crippen LogP contribution is 2.10. The lowest BCUT2D eigenvalue weighted by Crippen LogP contribution is -2.40. The average molecular weight is 315 g/mol. The zero-order valence-electron chi connectivity index (χ0n) is 12.4. The van der Waals surface area contributed by atoms with Gasteiger partial charge in [-0.15, -0.1) is 0 Å². The predicted octanol–water partition coefficient (Wildman–Crippen LogP) is 1.31. The van der Waals surface area contributed by atoms with Crippen LogP contribution in [0, 0.1) is 5.82 Å². The number of halogens is 1. The number of aryl methyl sites for hydroxylation is 1. The lowest BCUT2D eigenvalue weighted by atomic mass is 10.3. The van der Waals surface area contributed by atoms with Crippen molar-refractivity contribution in [1.82, 2.24) is 14.1 Å². The third-order valence-electron chi connectivity index (χ3n) is 3.55. The largest absolute Gasteiger partial charge is 0.492 e. The van der Waals surface area contributed by atoms with E-state index in [1.54, 1.807) is 13.1 Å². The van der Waals surface area contributed by atoms with Crippen LogP contribution in [0.25, 0.3) is 10.9 Å². The number of aromatic nitrogens is 3. The first kappa shape index (κ1) is 15.0. The molecule has 3 rings (SSSR count). The standard InChI is InChI=1S/C16H14FN3O3/c1-19-14-10-18-7-6-13(14)15(21)20(16(19)22)8-9-23-12-4-2-11(17)3-5-12/h2-7,10H,8-9H2,1H3. The lowest BCUT2D eigenvalue weighted by molar-refractivity contribution is 0.292. The van der Waals surface area contributed by atoms with Crippen LogP contribution in [-0.2, 0) is 13.6 Å². The third-order valence-corrected chi connectivity index (χ3v) is 3.55. The van der Waals surface area contributed by atoms with E-state index in [9.17, 15) is 14.0 Å². The molecule has 0 amide bonds. The third kappa shape index (κ3) is 2.85. The van der Waals surface area contributed by atoms with E-state index in [0.29, 0.717) is 16.7 Å². The van der Waals surface area contributed by atoms with Crippen LogP contribution in [0.2, 0.25) is 0 Å². The normalized spacial score (nSPS) is 10.9. The van der Waals surface area contributed by atoms with Crippen molar-refractivity contribution in [3.8, 4) is 5.75 Å². The van der Waals surface area contributed by atoms with Gasteiger partial charge in [0.25, 0.3) is 5.56 Å². The monoisotopic (exact) mass is 315 g/mol. The van der Waals surface area contributed by atoms with Gasteiger partial charge >= 0.3 is 5.69 Å². The molecule has 2 aromatic heterocycles. The molecule has 3 aromatic rings. The molecule has 0 unspecified atom stereocenters. The maximum absolute atomic E-state index is 12.8. The fourth-order valence-corrected chi connectivity index (χ4v) is 2.33. The first-order valence-corrected chi connectivity index (χ1v) is 7.00. The molecule has 0 atom stereocenters. The zero-order valence-corrected chi connectivity index (χ0v) is 12.4. The maximum atomic E-state index is 12.8. The van der Waals surface area contributed by atoms with Crippen molar-refractivity contribution in [2.75, 3.05) is 6.61 Å². The van der Waals surface area contributed by atoms with Crippen molar-refractivity contribution in [2.24, 2.45) is 7.05 Å². The Labute approximate surface area is 130 Å². The van der Waals surface area contributed by atoms with Gasteiger partial charge < -0.3 is 4.74 Å². The molecule has 0 aliphatic carbocycles. The van der Waals surface area contributed by atoms with Crippen molar-refractivity contribution in [3.63, 3.8) is 0 Å². The van der Waals surface area contributed by atoms with Gasteiger partial charge in [-0.3, -0.25) is 18.9 Å². The Bertz CT molecular complexity index is 961. The van der Waals surface area contributed by atoms with Crippen molar-refractivity contribution in [3.05, 3.63) is 69.4 Å². The van der Waals surface area contributed by atoms with Crippen LogP contribution < -0.4 is 16.0 Å². The molecular weight excluding hydrogens is 301 g/mol. The number of hydrogen-bond donors (Lipinski definition) is 0. The number of rotatable bonds is 4. The van der Waals surface area contributed by atoms with Crippen LogP contribution >= 0.6 is 0 Å². The molecule has 0 N–H and O–H groups in total. The minimum Gasteiger partial charge on any atom is -0.492 e. The minimum absolute atomic E-state index is 0.0984. The summed E-state index contributed by atoms with van der Waals surface area (Å²) in [5.41, 5.74) is -0.329. The number of nitrogens with zero attached hydrogens (tertiary/aromatic N) is 3. The smallest absolute Gasteiger partial charge is 0.331 e. The van der Waals surface area contributed by atoms with Crippen molar-refractivity contribution >= 4 is 10.9 Å². The van der Waals surface area contributed by atoms with Crippen LogP contribution in [0.1, 0.15) is 0 Å². The SMILES string of the molecule is Cn1c(=O)n(CCOc2ccc(F)cc2)c(=O)c2ccncc21. The topological polar surface area (TPSA) is 66.1 Å². The molecule has 118 valence electrons. The summed E-state index contributed by atoms with van der Waals surface area (Å²) >= 11 is 0. The van der Waals surface area contributed by atoms with Crippen LogP contribution in [0.15, 0.2) is 52.3 Å². The molecule has 0 spiro atoms. The Morgan fingerprint density at radius 3 is 2.65 bits per heavy atom. The molecule has 0 aliphatic rings. The van der Waals surface area contributed by atoms with E-state index in [0.717, 1.165) is 4.57 Å². The summed E-state index contributed by atoms with van der Waals surface area (Å²) in [6.45, 7) is 0.221. The number of fused-ring (bicyclic) bond motifs is 1. The molecule has 0 radical (unpaired) electrons. The number of hydrogen-bond acceptors (Lipinski definition) is 4. The summed E-state index contributed by atoms with van der Waals surface area (Å²) in [7, 11) is 1.59. The fourth-order valence-electron chi connectivity index (χ4n) is 2.33. The highest BCUT2D eigenvalue weighted by atomic mass is 19.1. The summed E-state index contributed by atoms with van der Waals surface area (Å²) in [5.74, 6) is 0.117. The number of ether oxygens (including phenoxy) is 1.